The third-order valence-electron chi connectivity index (χ3n) is 3.90. The van der Waals surface area contributed by atoms with Gasteiger partial charge in [0.2, 0.25) is 0 Å². The Labute approximate surface area is 129 Å². The molecule has 0 spiro atoms. The van der Waals surface area contributed by atoms with Crippen LogP contribution in [-0.4, -0.2) is 9.38 Å². The van der Waals surface area contributed by atoms with E-state index in [0.717, 1.165) is 22.6 Å². The number of nitrogens with zero attached hydrogens (tertiary/aromatic N) is 2. The maximum absolute atomic E-state index is 4.85. The lowest BCUT2D eigenvalue weighted by Gasteiger charge is -2.06. The minimum absolute atomic E-state index is 0.969. The van der Waals surface area contributed by atoms with Crippen LogP contribution in [0.3, 0.4) is 0 Å². The van der Waals surface area contributed by atoms with Crippen LogP contribution in [0.15, 0.2) is 79.0 Å². The summed E-state index contributed by atoms with van der Waals surface area (Å²) in [5.74, 6) is 0. The van der Waals surface area contributed by atoms with Gasteiger partial charge in [0.05, 0.1) is 11.4 Å². The summed E-state index contributed by atoms with van der Waals surface area (Å²) in [4.78, 5) is 4.85. The summed E-state index contributed by atoms with van der Waals surface area (Å²) < 4.78 is 2.16. The molecule has 0 radical (unpaired) electrons. The molecule has 0 aliphatic heterocycles. The fourth-order valence-electron chi connectivity index (χ4n) is 2.78. The standard InChI is InChI=1S/C20H16N2/c1-15-10-12-16(13-11-15)19-20(17-7-3-2-4-8-17)22-14-6-5-9-18(22)21-19/h2-14H,1H3. The Morgan fingerprint density at radius 2 is 1.45 bits per heavy atom. The average molecular weight is 284 g/mol. The number of fused-ring (bicyclic) bond motifs is 1. The highest BCUT2D eigenvalue weighted by Gasteiger charge is 2.15. The fourth-order valence-corrected chi connectivity index (χ4v) is 2.78. The molecule has 4 aromatic rings. The molecule has 2 aromatic heterocycles. The second-order valence-electron chi connectivity index (χ2n) is 5.47. The molecule has 106 valence electrons. The maximum atomic E-state index is 4.85. The van der Waals surface area contributed by atoms with Crippen LogP contribution in [0, 0.1) is 6.92 Å². The van der Waals surface area contributed by atoms with Crippen molar-refractivity contribution in [1.82, 2.24) is 9.38 Å². The molecule has 2 aromatic carbocycles. The van der Waals surface area contributed by atoms with Gasteiger partial charge in [-0.15, -0.1) is 0 Å². The van der Waals surface area contributed by atoms with E-state index in [1.54, 1.807) is 0 Å². The number of aromatic nitrogens is 2. The van der Waals surface area contributed by atoms with Crippen molar-refractivity contribution < 1.29 is 0 Å². The summed E-state index contributed by atoms with van der Waals surface area (Å²) in [5, 5.41) is 0. The molecule has 2 nitrogen and oxygen atoms in total. The van der Waals surface area contributed by atoms with Crippen LogP contribution in [0.2, 0.25) is 0 Å². The molecule has 0 aliphatic carbocycles. The number of hydrogen-bond acceptors (Lipinski definition) is 1. The molecule has 0 unspecified atom stereocenters. The zero-order chi connectivity index (χ0) is 14.9. The zero-order valence-electron chi connectivity index (χ0n) is 12.4. The monoisotopic (exact) mass is 284 g/mol. The van der Waals surface area contributed by atoms with E-state index in [4.69, 9.17) is 4.98 Å². The van der Waals surface area contributed by atoms with Gasteiger partial charge in [-0.3, -0.25) is 4.40 Å². The lowest BCUT2D eigenvalue weighted by molar-refractivity contribution is 1.19. The number of imidazole rings is 1. The molecule has 4 rings (SSSR count). The first-order valence-corrected chi connectivity index (χ1v) is 7.42. The molecule has 0 aliphatic rings. The normalized spacial score (nSPS) is 11.0. The van der Waals surface area contributed by atoms with Gasteiger partial charge in [-0.2, -0.15) is 0 Å². The third kappa shape index (κ3) is 2.09. The van der Waals surface area contributed by atoms with Crippen molar-refractivity contribution in [2.75, 3.05) is 0 Å². The first-order chi connectivity index (χ1) is 10.8. The first kappa shape index (κ1) is 12.8. The summed E-state index contributed by atoms with van der Waals surface area (Å²) in [5.41, 5.74) is 6.72. The van der Waals surface area contributed by atoms with Crippen molar-refractivity contribution in [2.45, 2.75) is 6.92 Å². The summed E-state index contributed by atoms with van der Waals surface area (Å²) in [6.45, 7) is 2.10. The summed E-state index contributed by atoms with van der Waals surface area (Å²) >= 11 is 0. The second-order valence-corrected chi connectivity index (χ2v) is 5.47. The van der Waals surface area contributed by atoms with Crippen molar-refractivity contribution in [3.05, 3.63) is 84.6 Å². The van der Waals surface area contributed by atoms with E-state index in [2.05, 4.69) is 66.1 Å². The van der Waals surface area contributed by atoms with Crippen molar-refractivity contribution in [3.8, 4) is 22.5 Å². The Morgan fingerprint density at radius 1 is 0.727 bits per heavy atom. The number of hydrogen-bond donors (Lipinski definition) is 0. The zero-order valence-corrected chi connectivity index (χ0v) is 12.4. The Morgan fingerprint density at radius 3 is 2.23 bits per heavy atom. The number of pyridine rings is 1. The summed E-state index contributed by atoms with van der Waals surface area (Å²) in [6, 6.07) is 25.1. The van der Waals surface area contributed by atoms with Gasteiger partial charge in [0.15, 0.2) is 0 Å². The quantitative estimate of drug-likeness (QED) is 0.507. The van der Waals surface area contributed by atoms with E-state index in [0.29, 0.717) is 0 Å². The van der Waals surface area contributed by atoms with Crippen LogP contribution in [-0.2, 0) is 0 Å². The third-order valence-corrected chi connectivity index (χ3v) is 3.90. The molecule has 0 saturated heterocycles. The molecular weight excluding hydrogens is 268 g/mol. The van der Waals surface area contributed by atoms with Crippen molar-refractivity contribution in [3.63, 3.8) is 0 Å². The van der Waals surface area contributed by atoms with Gasteiger partial charge < -0.3 is 0 Å². The largest absolute Gasteiger partial charge is 0.299 e. The van der Waals surface area contributed by atoms with E-state index in [1.807, 2.05) is 24.3 Å². The van der Waals surface area contributed by atoms with Crippen LogP contribution in [0.1, 0.15) is 5.56 Å². The molecule has 0 N–H and O–H groups in total. The average Bonchev–Trinajstić information content (AvgIpc) is 2.96. The van der Waals surface area contributed by atoms with E-state index in [9.17, 15) is 0 Å². The van der Waals surface area contributed by atoms with E-state index >= 15 is 0 Å². The second kappa shape index (κ2) is 5.15. The molecule has 2 heteroatoms. The molecular formula is C20H16N2. The molecule has 0 saturated carbocycles. The van der Waals surface area contributed by atoms with Crippen molar-refractivity contribution in [1.29, 1.82) is 0 Å². The highest BCUT2D eigenvalue weighted by Crippen LogP contribution is 2.32. The maximum Gasteiger partial charge on any atom is 0.137 e. The van der Waals surface area contributed by atoms with Gasteiger partial charge in [-0.25, -0.2) is 4.98 Å². The summed E-state index contributed by atoms with van der Waals surface area (Å²) in [7, 11) is 0. The minimum atomic E-state index is 0.969. The van der Waals surface area contributed by atoms with Crippen molar-refractivity contribution in [2.24, 2.45) is 0 Å². The predicted molar refractivity (Wildman–Crippen MR) is 90.8 cm³/mol. The van der Waals surface area contributed by atoms with Crippen LogP contribution < -0.4 is 0 Å². The Balaban J connectivity index is 2.04. The van der Waals surface area contributed by atoms with Crippen LogP contribution in [0.25, 0.3) is 28.2 Å². The Kier molecular flexibility index (Phi) is 3.01. The van der Waals surface area contributed by atoms with Gasteiger partial charge in [0.25, 0.3) is 0 Å². The molecule has 0 bridgehead atoms. The van der Waals surface area contributed by atoms with Gasteiger partial charge in [0.1, 0.15) is 5.65 Å². The lowest BCUT2D eigenvalue weighted by Crippen LogP contribution is -1.89. The molecule has 0 atom stereocenters. The minimum Gasteiger partial charge on any atom is -0.299 e. The lowest BCUT2D eigenvalue weighted by atomic mass is 10.0. The highest BCUT2D eigenvalue weighted by atomic mass is 15.0. The van der Waals surface area contributed by atoms with Crippen LogP contribution in [0.4, 0.5) is 0 Å². The van der Waals surface area contributed by atoms with Crippen LogP contribution in [0.5, 0.6) is 0 Å². The Hall–Kier alpha value is -2.87. The van der Waals surface area contributed by atoms with Gasteiger partial charge in [-0.1, -0.05) is 66.2 Å². The van der Waals surface area contributed by atoms with Gasteiger partial charge in [-0.05, 0) is 19.1 Å². The van der Waals surface area contributed by atoms with Crippen molar-refractivity contribution >= 4 is 5.65 Å². The Bertz CT molecular complexity index is 919. The molecule has 2 heterocycles. The fraction of sp³-hybridized carbons (Fsp3) is 0.0500. The van der Waals surface area contributed by atoms with E-state index in [-0.39, 0.29) is 0 Å². The van der Waals surface area contributed by atoms with E-state index < -0.39 is 0 Å². The van der Waals surface area contributed by atoms with Crippen LogP contribution >= 0.6 is 0 Å². The smallest absolute Gasteiger partial charge is 0.137 e. The van der Waals surface area contributed by atoms with Gasteiger partial charge >= 0.3 is 0 Å². The van der Waals surface area contributed by atoms with E-state index in [1.165, 1.54) is 11.1 Å². The first-order valence-electron chi connectivity index (χ1n) is 7.42. The number of rotatable bonds is 2. The predicted octanol–water partition coefficient (Wildman–Crippen LogP) is 4.98. The molecule has 0 fully saturated rings. The highest BCUT2D eigenvalue weighted by molar-refractivity contribution is 5.82. The van der Waals surface area contributed by atoms with Gasteiger partial charge in [0, 0.05) is 17.3 Å². The summed E-state index contributed by atoms with van der Waals surface area (Å²) in [6.07, 6.45) is 2.07. The molecule has 22 heavy (non-hydrogen) atoms. The topological polar surface area (TPSA) is 17.3 Å². The number of benzene rings is 2. The number of aryl methyl sites for hydroxylation is 1. The SMILES string of the molecule is Cc1ccc(-c2nc3ccccn3c2-c2ccccc2)cc1. The molecule has 0 amide bonds.